The molecule has 0 bridgehead atoms. The van der Waals surface area contributed by atoms with Gasteiger partial charge >= 0.3 is 6.18 Å². The van der Waals surface area contributed by atoms with Crippen LogP contribution in [-0.2, 0) is 6.18 Å². The van der Waals surface area contributed by atoms with E-state index in [0.717, 1.165) is 31.7 Å². The first-order valence-corrected chi connectivity index (χ1v) is 7.02. The summed E-state index contributed by atoms with van der Waals surface area (Å²) in [5, 5.41) is 2.84. The first kappa shape index (κ1) is 14.0. The summed E-state index contributed by atoms with van der Waals surface area (Å²) < 4.78 is 41.0. The van der Waals surface area contributed by atoms with E-state index in [9.17, 15) is 13.2 Å². The lowest BCUT2D eigenvalue weighted by molar-refractivity contribution is -0.136. The van der Waals surface area contributed by atoms with E-state index in [-0.39, 0.29) is 5.69 Å². The van der Waals surface area contributed by atoms with Crippen molar-refractivity contribution in [2.45, 2.75) is 37.9 Å². The van der Waals surface area contributed by atoms with E-state index < -0.39 is 11.7 Å². The highest BCUT2D eigenvalue weighted by atomic mass is 19.4. The molecule has 1 aliphatic rings. The SMILES string of the molecule is FC(F)(F)c1ccccc1Nc1nccn1C1CCCC1. The lowest BCUT2D eigenvalue weighted by Crippen LogP contribution is -2.12. The molecule has 112 valence electrons. The van der Waals surface area contributed by atoms with Crippen LogP contribution >= 0.6 is 0 Å². The van der Waals surface area contributed by atoms with Crippen molar-refractivity contribution in [3.8, 4) is 0 Å². The molecule has 21 heavy (non-hydrogen) atoms. The van der Waals surface area contributed by atoms with Crippen LogP contribution in [0.3, 0.4) is 0 Å². The number of imidazole rings is 1. The van der Waals surface area contributed by atoms with E-state index in [1.807, 2.05) is 10.8 Å². The second-order valence-corrected chi connectivity index (χ2v) is 5.26. The normalized spacial score (nSPS) is 16.3. The monoisotopic (exact) mass is 295 g/mol. The number of halogens is 3. The Balaban J connectivity index is 1.90. The first-order chi connectivity index (χ1) is 10.1. The second-order valence-electron chi connectivity index (χ2n) is 5.26. The van der Waals surface area contributed by atoms with E-state index in [2.05, 4.69) is 10.3 Å². The summed E-state index contributed by atoms with van der Waals surface area (Å²) in [4.78, 5) is 4.16. The van der Waals surface area contributed by atoms with Gasteiger partial charge in [0.05, 0.1) is 11.3 Å². The summed E-state index contributed by atoms with van der Waals surface area (Å²) in [5.41, 5.74) is -0.638. The molecular weight excluding hydrogens is 279 g/mol. The van der Waals surface area contributed by atoms with E-state index in [0.29, 0.717) is 12.0 Å². The van der Waals surface area contributed by atoms with Crippen LogP contribution in [-0.4, -0.2) is 9.55 Å². The highest BCUT2D eigenvalue weighted by Crippen LogP contribution is 2.37. The Morgan fingerprint density at radius 2 is 1.86 bits per heavy atom. The van der Waals surface area contributed by atoms with Crippen molar-refractivity contribution in [1.29, 1.82) is 0 Å². The zero-order chi connectivity index (χ0) is 14.9. The van der Waals surface area contributed by atoms with Crippen molar-refractivity contribution >= 4 is 11.6 Å². The minimum Gasteiger partial charge on any atom is -0.325 e. The predicted octanol–water partition coefficient (Wildman–Crippen LogP) is 4.76. The molecule has 2 aromatic rings. The van der Waals surface area contributed by atoms with Gasteiger partial charge in [-0.3, -0.25) is 0 Å². The summed E-state index contributed by atoms with van der Waals surface area (Å²) >= 11 is 0. The average molecular weight is 295 g/mol. The zero-order valence-corrected chi connectivity index (χ0v) is 11.4. The molecule has 1 N–H and O–H groups in total. The van der Waals surface area contributed by atoms with E-state index in [4.69, 9.17) is 0 Å². The molecule has 0 unspecified atom stereocenters. The molecule has 0 spiro atoms. The maximum atomic E-state index is 13.0. The third-order valence-corrected chi connectivity index (χ3v) is 3.87. The van der Waals surface area contributed by atoms with E-state index in [1.165, 1.54) is 12.1 Å². The largest absolute Gasteiger partial charge is 0.418 e. The van der Waals surface area contributed by atoms with Gasteiger partial charge in [-0.15, -0.1) is 0 Å². The molecule has 0 radical (unpaired) electrons. The summed E-state index contributed by atoms with van der Waals surface area (Å²) in [7, 11) is 0. The Hall–Kier alpha value is -1.98. The summed E-state index contributed by atoms with van der Waals surface area (Å²) in [6.45, 7) is 0. The van der Waals surface area contributed by atoms with Gasteiger partial charge in [-0.2, -0.15) is 13.2 Å². The van der Waals surface area contributed by atoms with Crippen LogP contribution in [0.2, 0.25) is 0 Å². The lowest BCUT2D eigenvalue weighted by Gasteiger charge is -2.18. The highest BCUT2D eigenvalue weighted by molar-refractivity contribution is 5.59. The number of hydrogen-bond donors (Lipinski definition) is 1. The van der Waals surface area contributed by atoms with Crippen molar-refractivity contribution in [3.63, 3.8) is 0 Å². The third kappa shape index (κ3) is 2.89. The molecule has 1 aliphatic carbocycles. The molecule has 0 amide bonds. The number of para-hydroxylation sites is 1. The molecule has 1 fully saturated rings. The van der Waals surface area contributed by atoms with Gasteiger partial charge in [0, 0.05) is 18.4 Å². The fraction of sp³-hybridized carbons (Fsp3) is 0.400. The molecule has 6 heteroatoms. The van der Waals surface area contributed by atoms with Gasteiger partial charge in [0.15, 0.2) is 0 Å². The maximum absolute atomic E-state index is 13.0. The van der Waals surface area contributed by atoms with Crippen LogP contribution in [0.5, 0.6) is 0 Å². The Bertz CT molecular complexity index is 613. The van der Waals surface area contributed by atoms with Crippen molar-refractivity contribution in [2.75, 3.05) is 5.32 Å². The molecular formula is C15H16F3N3. The van der Waals surface area contributed by atoms with Crippen LogP contribution in [0.4, 0.5) is 24.8 Å². The van der Waals surface area contributed by atoms with Crippen molar-refractivity contribution in [2.24, 2.45) is 0 Å². The number of aromatic nitrogens is 2. The van der Waals surface area contributed by atoms with Gasteiger partial charge < -0.3 is 9.88 Å². The standard InChI is InChI=1S/C15H16F3N3/c16-15(17,18)12-7-3-4-8-13(12)20-14-19-9-10-21(14)11-5-1-2-6-11/h3-4,7-11H,1-2,5-6H2,(H,19,20). The first-order valence-electron chi connectivity index (χ1n) is 7.02. The average Bonchev–Trinajstić information content (AvgIpc) is 3.08. The highest BCUT2D eigenvalue weighted by Gasteiger charge is 2.33. The van der Waals surface area contributed by atoms with Gasteiger partial charge in [-0.1, -0.05) is 25.0 Å². The van der Waals surface area contributed by atoms with Crippen LogP contribution in [0.25, 0.3) is 0 Å². The minimum atomic E-state index is -4.38. The van der Waals surface area contributed by atoms with Crippen molar-refractivity contribution in [1.82, 2.24) is 9.55 Å². The predicted molar refractivity (Wildman–Crippen MR) is 74.5 cm³/mol. The fourth-order valence-corrected chi connectivity index (χ4v) is 2.85. The zero-order valence-electron chi connectivity index (χ0n) is 11.4. The van der Waals surface area contributed by atoms with E-state index in [1.54, 1.807) is 12.3 Å². The molecule has 0 aliphatic heterocycles. The smallest absolute Gasteiger partial charge is 0.325 e. The van der Waals surface area contributed by atoms with Crippen LogP contribution < -0.4 is 5.32 Å². The van der Waals surface area contributed by atoms with Crippen LogP contribution in [0.15, 0.2) is 36.7 Å². The summed E-state index contributed by atoms with van der Waals surface area (Å²) in [6, 6.07) is 5.80. The molecule has 3 rings (SSSR count). The van der Waals surface area contributed by atoms with Gasteiger partial charge in [-0.25, -0.2) is 4.98 Å². The van der Waals surface area contributed by atoms with Crippen molar-refractivity contribution in [3.05, 3.63) is 42.2 Å². The molecule has 0 saturated heterocycles. The molecule has 1 aromatic carbocycles. The molecule has 3 nitrogen and oxygen atoms in total. The van der Waals surface area contributed by atoms with Gasteiger partial charge in [-0.05, 0) is 25.0 Å². The minimum absolute atomic E-state index is 0.0375. The number of rotatable bonds is 3. The van der Waals surface area contributed by atoms with Gasteiger partial charge in [0.2, 0.25) is 5.95 Å². The van der Waals surface area contributed by atoms with Crippen molar-refractivity contribution < 1.29 is 13.2 Å². The topological polar surface area (TPSA) is 29.9 Å². The number of alkyl halides is 3. The quantitative estimate of drug-likeness (QED) is 0.884. The maximum Gasteiger partial charge on any atom is 0.418 e. The molecule has 1 heterocycles. The number of hydrogen-bond acceptors (Lipinski definition) is 2. The van der Waals surface area contributed by atoms with Crippen LogP contribution in [0.1, 0.15) is 37.3 Å². The van der Waals surface area contributed by atoms with Crippen LogP contribution in [0, 0.1) is 0 Å². The second kappa shape index (κ2) is 5.42. The number of nitrogens with one attached hydrogen (secondary N) is 1. The Morgan fingerprint density at radius 1 is 1.14 bits per heavy atom. The third-order valence-electron chi connectivity index (χ3n) is 3.87. The summed E-state index contributed by atoms with van der Waals surface area (Å²) in [5.74, 6) is 0.471. The lowest BCUT2D eigenvalue weighted by atomic mass is 10.1. The number of benzene rings is 1. The Kier molecular flexibility index (Phi) is 3.61. The summed E-state index contributed by atoms with van der Waals surface area (Å²) in [6.07, 6.45) is 3.47. The Labute approximate surface area is 120 Å². The van der Waals surface area contributed by atoms with Gasteiger partial charge in [0.25, 0.3) is 0 Å². The molecule has 0 atom stereocenters. The Morgan fingerprint density at radius 3 is 2.57 bits per heavy atom. The van der Waals surface area contributed by atoms with Gasteiger partial charge in [0.1, 0.15) is 0 Å². The fourth-order valence-electron chi connectivity index (χ4n) is 2.85. The molecule has 1 saturated carbocycles. The molecule has 1 aromatic heterocycles. The number of anilines is 2. The number of nitrogens with zero attached hydrogens (tertiary/aromatic N) is 2. The van der Waals surface area contributed by atoms with E-state index >= 15 is 0 Å².